The number of pyridine rings is 1. The highest BCUT2D eigenvalue weighted by Crippen LogP contribution is 2.47. The van der Waals surface area contributed by atoms with Crippen molar-refractivity contribution in [1.82, 2.24) is 14.6 Å². The Bertz CT molecular complexity index is 1370. The van der Waals surface area contributed by atoms with E-state index in [-0.39, 0.29) is 33.1 Å². The maximum Gasteiger partial charge on any atom is 0.417 e. The topological polar surface area (TPSA) is 122 Å². The number of hydrogen-bond donors (Lipinski definition) is 2. The van der Waals surface area contributed by atoms with Gasteiger partial charge in [-0.05, 0) is 30.6 Å². The summed E-state index contributed by atoms with van der Waals surface area (Å²) in [5, 5.41) is 34.8. The standard InChI is InChI=1S/C21H13F3N4O4S/c1-10-7-13(21(22,23)24)16(17(25-10)11-5-3-2-4-6-11)20-18(26-27-33-20)12-8-14(28(31)32)19(30)15(29)9-12/h2-9,29-30H,1H3. The molecule has 0 atom stereocenters. The second-order valence-electron chi connectivity index (χ2n) is 6.97. The minimum atomic E-state index is -4.75. The van der Waals surface area contributed by atoms with Crippen LogP contribution in [0.4, 0.5) is 18.9 Å². The Kier molecular flexibility index (Phi) is 5.46. The Morgan fingerprint density at radius 2 is 1.73 bits per heavy atom. The highest BCUT2D eigenvalue weighted by atomic mass is 32.1. The summed E-state index contributed by atoms with van der Waals surface area (Å²) >= 11 is 0.652. The maximum absolute atomic E-state index is 14.1. The summed E-state index contributed by atoms with van der Waals surface area (Å²) in [5.41, 5.74) is -1.72. The lowest BCUT2D eigenvalue weighted by atomic mass is 9.95. The first kappa shape index (κ1) is 22.1. The van der Waals surface area contributed by atoms with Crippen molar-refractivity contribution in [2.75, 3.05) is 0 Å². The lowest BCUT2D eigenvalue weighted by molar-refractivity contribution is -0.385. The number of hydrogen-bond acceptors (Lipinski definition) is 8. The van der Waals surface area contributed by atoms with Gasteiger partial charge in [-0.25, -0.2) is 0 Å². The van der Waals surface area contributed by atoms with E-state index in [0.717, 1.165) is 18.2 Å². The number of aromatic nitrogens is 3. The van der Waals surface area contributed by atoms with Crippen molar-refractivity contribution in [2.24, 2.45) is 0 Å². The second-order valence-corrected chi connectivity index (χ2v) is 7.72. The number of aryl methyl sites for hydroxylation is 1. The van der Waals surface area contributed by atoms with Gasteiger partial charge in [0.15, 0.2) is 5.75 Å². The van der Waals surface area contributed by atoms with Gasteiger partial charge in [-0.2, -0.15) is 13.2 Å². The van der Waals surface area contributed by atoms with Gasteiger partial charge in [0.25, 0.3) is 0 Å². The molecule has 0 bridgehead atoms. The van der Waals surface area contributed by atoms with Crippen molar-refractivity contribution in [1.29, 1.82) is 0 Å². The molecule has 0 saturated carbocycles. The number of alkyl halides is 3. The zero-order valence-corrected chi connectivity index (χ0v) is 17.5. The number of aromatic hydroxyl groups is 2. The van der Waals surface area contributed by atoms with E-state index in [0.29, 0.717) is 17.1 Å². The fraction of sp³-hybridized carbons (Fsp3) is 0.0952. The van der Waals surface area contributed by atoms with Crippen molar-refractivity contribution in [3.63, 3.8) is 0 Å². The number of halogens is 3. The number of nitro benzene ring substituents is 1. The molecule has 0 aliphatic heterocycles. The van der Waals surface area contributed by atoms with Crippen LogP contribution >= 0.6 is 11.5 Å². The summed E-state index contributed by atoms with van der Waals surface area (Å²) in [5.74, 6) is -1.79. The largest absolute Gasteiger partial charge is 0.504 e. The average Bonchev–Trinajstić information content (AvgIpc) is 3.24. The van der Waals surface area contributed by atoms with Gasteiger partial charge >= 0.3 is 11.9 Å². The van der Waals surface area contributed by atoms with Crippen LogP contribution in [0.15, 0.2) is 48.5 Å². The number of phenolic OH excluding ortho intramolecular Hbond substituents is 2. The highest BCUT2D eigenvalue weighted by molar-refractivity contribution is 7.10. The third kappa shape index (κ3) is 4.07. The molecule has 33 heavy (non-hydrogen) atoms. The zero-order valence-electron chi connectivity index (χ0n) is 16.7. The van der Waals surface area contributed by atoms with Gasteiger partial charge in [-0.1, -0.05) is 34.8 Å². The van der Waals surface area contributed by atoms with Gasteiger partial charge in [0.1, 0.15) is 5.69 Å². The predicted molar refractivity (Wildman–Crippen MR) is 114 cm³/mol. The first-order valence-electron chi connectivity index (χ1n) is 9.25. The van der Waals surface area contributed by atoms with E-state index in [1.54, 1.807) is 30.3 Å². The molecule has 0 aliphatic rings. The first-order valence-corrected chi connectivity index (χ1v) is 10.0. The minimum absolute atomic E-state index is 0.0349. The number of phenols is 2. The van der Waals surface area contributed by atoms with Gasteiger partial charge in [0.05, 0.1) is 21.1 Å². The molecule has 8 nitrogen and oxygen atoms in total. The smallest absolute Gasteiger partial charge is 0.417 e. The van der Waals surface area contributed by atoms with Crippen molar-refractivity contribution < 1.29 is 28.3 Å². The Labute approximate surface area is 187 Å². The van der Waals surface area contributed by atoms with Crippen LogP contribution in [0.2, 0.25) is 0 Å². The van der Waals surface area contributed by atoms with Crippen LogP contribution in [0.25, 0.3) is 33.0 Å². The van der Waals surface area contributed by atoms with E-state index in [1.807, 2.05) is 0 Å². The molecular weight excluding hydrogens is 461 g/mol. The second kappa shape index (κ2) is 8.13. The molecule has 2 N–H and O–H groups in total. The molecule has 2 heterocycles. The Morgan fingerprint density at radius 1 is 1.03 bits per heavy atom. The molecule has 0 fully saturated rings. The van der Waals surface area contributed by atoms with Gasteiger partial charge in [-0.15, -0.1) is 5.10 Å². The van der Waals surface area contributed by atoms with E-state index in [9.17, 15) is 33.5 Å². The lowest BCUT2D eigenvalue weighted by Gasteiger charge is -2.17. The summed E-state index contributed by atoms with van der Waals surface area (Å²) in [7, 11) is 0. The molecule has 168 valence electrons. The van der Waals surface area contributed by atoms with Crippen LogP contribution in [0.1, 0.15) is 11.3 Å². The summed E-state index contributed by atoms with van der Waals surface area (Å²) in [4.78, 5) is 14.6. The molecular formula is C21H13F3N4O4S. The number of nitro groups is 1. The Morgan fingerprint density at radius 3 is 2.36 bits per heavy atom. The maximum atomic E-state index is 14.1. The molecule has 2 aromatic heterocycles. The molecule has 0 saturated heterocycles. The highest BCUT2D eigenvalue weighted by Gasteiger charge is 2.37. The molecule has 0 radical (unpaired) electrons. The molecule has 2 aromatic carbocycles. The molecule has 4 rings (SSSR count). The van der Waals surface area contributed by atoms with Crippen LogP contribution in [0.5, 0.6) is 11.5 Å². The summed E-state index contributed by atoms with van der Waals surface area (Å²) in [6.07, 6.45) is -4.75. The van der Waals surface area contributed by atoms with E-state index < -0.39 is 33.8 Å². The fourth-order valence-corrected chi connectivity index (χ4v) is 4.10. The van der Waals surface area contributed by atoms with Gasteiger partial charge in [0, 0.05) is 28.5 Å². The van der Waals surface area contributed by atoms with E-state index in [4.69, 9.17) is 0 Å². The number of nitrogens with zero attached hydrogens (tertiary/aromatic N) is 4. The SMILES string of the molecule is Cc1cc(C(F)(F)F)c(-c2snnc2-c2cc(O)c(O)c([N+](=O)[O-])c2)c(-c2ccccc2)n1. The van der Waals surface area contributed by atoms with Crippen LogP contribution in [0.3, 0.4) is 0 Å². The average molecular weight is 474 g/mol. The van der Waals surface area contributed by atoms with E-state index in [2.05, 4.69) is 14.6 Å². The van der Waals surface area contributed by atoms with Crippen molar-refractivity contribution in [3.05, 3.63) is 69.9 Å². The molecule has 0 aliphatic carbocycles. The van der Waals surface area contributed by atoms with Crippen LogP contribution in [-0.2, 0) is 6.18 Å². The van der Waals surface area contributed by atoms with Gasteiger partial charge < -0.3 is 10.2 Å². The van der Waals surface area contributed by atoms with Crippen LogP contribution < -0.4 is 0 Å². The van der Waals surface area contributed by atoms with Crippen LogP contribution in [0, 0.1) is 17.0 Å². The van der Waals surface area contributed by atoms with Crippen LogP contribution in [-0.4, -0.2) is 29.7 Å². The third-order valence-corrected chi connectivity index (χ3v) is 5.50. The summed E-state index contributed by atoms with van der Waals surface area (Å²) in [6, 6.07) is 11.0. The van der Waals surface area contributed by atoms with E-state index >= 15 is 0 Å². The molecule has 0 amide bonds. The molecule has 0 unspecified atom stereocenters. The number of rotatable bonds is 4. The normalized spacial score (nSPS) is 11.5. The van der Waals surface area contributed by atoms with Crippen molar-refractivity contribution in [2.45, 2.75) is 13.1 Å². The molecule has 12 heteroatoms. The summed E-state index contributed by atoms with van der Waals surface area (Å²) < 4.78 is 46.1. The zero-order chi connectivity index (χ0) is 23.9. The van der Waals surface area contributed by atoms with Gasteiger partial charge in [-0.3, -0.25) is 15.1 Å². The Hall–Kier alpha value is -4.06. The first-order chi connectivity index (χ1) is 15.6. The third-order valence-electron chi connectivity index (χ3n) is 4.76. The quantitative estimate of drug-likeness (QED) is 0.225. The summed E-state index contributed by atoms with van der Waals surface area (Å²) in [6.45, 7) is 1.44. The number of benzene rings is 2. The Balaban J connectivity index is 2.06. The lowest BCUT2D eigenvalue weighted by Crippen LogP contribution is -2.10. The molecule has 0 spiro atoms. The van der Waals surface area contributed by atoms with Gasteiger partial charge in [0.2, 0.25) is 5.75 Å². The predicted octanol–water partition coefficient (Wildman–Crippen LogP) is 5.58. The van der Waals surface area contributed by atoms with Crippen molar-refractivity contribution >= 4 is 17.2 Å². The monoisotopic (exact) mass is 474 g/mol. The van der Waals surface area contributed by atoms with E-state index in [1.165, 1.54) is 6.92 Å². The molecule has 4 aromatic rings. The minimum Gasteiger partial charge on any atom is -0.504 e. The fourth-order valence-electron chi connectivity index (χ4n) is 3.36. The van der Waals surface area contributed by atoms with Crippen molar-refractivity contribution in [3.8, 4) is 44.5 Å².